The lowest BCUT2D eigenvalue weighted by molar-refractivity contribution is 0.248. The second-order valence-corrected chi connectivity index (χ2v) is 4.42. The number of aryl methyl sites for hydroxylation is 1. The number of hydrogen-bond acceptors (Lipinski definition) is 2. The van der Waals surface area contributed by atoms with Gasteiger partial charge < -0.3 is 15.6 Å². The van der Waals surface area contributed by atoms with Gasteiger partial charge in [-0.1, -0.05) is 0 Å². The molecule has 0 saturated heterocycles. The van der Waals surface area contributed by atoms with Gasteiger partial charge in [0.05, 0.1) is 11.0 Å². The summed E-state index contributed by atoms with van der Waals surface area (Å²) in [5, 5.41) is 2.50. The second kappa shape index (κ2) is 5.88. The summed E-state index contributed by atoms with van der Waals surface area (Å²) in [6.45, 7) is 0.821. The van der Waals surface area contributed by atoms with E-state index in [0.29, 0.717) is 36.4 Å². The van der Waals surface area contributed by atoms with Gasteiger partial charge in [0.15, 0.2) is 0 Å². The van der Waals surface area contributed by atoms with E-state index < -0.39 is 6.03 Å². The number of nitrogens with zero attached hydrogens (tertiary/aromatic N) is 2. The zero-order valence-corrected chi connectivity index (χ0v) is 11.0. The highest BCUT2D eigenvalue weighted by atomic mass is 35.5. The molecule has 0 atom stereocenters. The maximum absolute atomic E-state index is 13.3. The van der Waals surface area contributed by atoms with E-state index in [0.717, 1.165) is 5.82 Å². The molecule has 2 rings (SSSR count). The molecule has 1 heterocycles. The van der Waals surface area contributed by atoms with E-state index in [-0.39, 0.29) is 5.82 Å². The van der Waals surface area contributed by atoms with Crippen LogP contribution in [0.4, 0.5) is 9.18 Å². The van der Waals surface area contributed by atoms with E-state index in [2.05, 4.69) is 10.3 Å². The Balaban J connectivity index is 2.33. The number of benzene rings is 1. The molecule has 2 amide bonds. The van der Waals surface area contributed by atoms with E-state index in [1.165, 1.54) is 12.1 Å². The number of alkyl halides is 1. The molecule has 0 fully saturated rings. The van der Waals surface area contributed by atoms with Crippen molar-refractivity contribution in [1.29, 1.82) is 0 Å². The second-order valence-electron chi connectivity index (χ2n) is 4.04. The summed E-state index contributed by atoms with van der Waals surface area (Å²) in [6.07, 6.45) is 0.578. The summed E-state index contributed by atoms with van der Waals surface area (Å²) in [5.41, 5.74) is 6.40. The minimum absolute atomic E-state index is 0.325. The monoisotopic (exact) mass is 284 g/mol. The van der Waals surface area contributed by atoms with Gasteiger partial charge in [-0.2, -0.15) is 0 Å². The highest BCUT2D eigenvalue weighted by molar-refractivity contribution is 6.17. The van der Waals surface area contributed by atoms with Gasteiger partial charge in [0.1, 0.15) is 11.6 Å². The molecule has 2 aromatic rings. The van der Waals surface area contributed by atoms with Gasteiger partial charge in [-0.3, -0.25) is 0 Å². The number of rotatable bonds is 5. The first-order valence-corrected chi connectivity index (χ1v) is 6.39. The fourth-order valence-corrected chi connectivity index (χ4v) is 2.13. The Hall–Kier alpha value is -1.82. The molecule has 0 aliphatic rings. The zero-order valence-electron chi connectivity index (χ0n) is 10.2. The van der Waals surface area contributed by atoms with Gasteiger partial charge in [-0.15, -0.1) is 11.6 Å². The van der Waals surface area contributed by atoms with E-state index >= 15 is 0 Å². The SMILES string of the molecule is NC(=O)NCCn1c(CCCl)nc2ccc(F)cc21. The minimum Gasteiger partial charge on any atom is -0.352 e. The van der Waals surface area contributed by atoms with Crippen LogP contribution in [0.2, 0.25) is 0 Å². The van der Waals surface area contributed by atoms with Crippen molar-refractivity contribution in [2.75, 3.05) is 12.4 Å². The van der Waals surface area contributed by atoms with Crippen LogP contribution in [0, 0.1) is 5.82 Å². The van der Waals surface area contributed by atoms with Crippen molar-refractivity contribution in [3.05, 3.63) is 29.8 Å². The van der Waals surface area contributed by atoms with Crippen LogP contribution < -0.4 is 11.1 Å². The number of urea groups is 1. The molecule has 0 radical (unpaired) electrons. The van der Waals surface area contributed by atoms with Gasteiger partial charge in [0.2, 0.25) is 0 Å². The third-order valence-electron chi connectivity index (χ3n) is 2.74. The Morgan fingerprint density at radius 1 is 1.53 bits per heavy atom. The van der Waals surface area contributed by atoms with Crippen LogP contribution in [-0.4, -0.2) is 28.0 Å². The number of nitrogens with one attached hydrogen (secondary N) is 1. The first kappa shape index (κ1) is 13.6. The molecule has 3 N–H and O–H groups in total. The Morgan fingerprint density at radius 2 is 2.32 bits per heavy atom. The van der Waals surface area contributed by atoms with Crippen molar-refractivity contribution in [2.24, 2.45) is 5.73 Å². The number of aromatic nitrogens is 2. The average Bonchev–Trinajstić information content (AvgIpc) is 2.67. The highest BCUT2D eigenvalue weighted by Gasteiger charge is 2.11. The Morgan fingerprint density at radius 3 is 3.00 bits per heavy atom. The molecule has 1 aromatic heterocycles. The third-order valence-corrected chi connectivity index (χ3v) is 2.93. The van der Waals surface area contributed by atoms with Crippen LogP contribution in [0.25, 0.3) is 11.0 Å². The van der Waals surface area contributed by atoms with Crippen LogP contribution in [-0.2, 0) is 13.0 Å². The van der Waals surface area contributed by atoms with Crippen molar-refractivity contribution >= 4 is 28.7 Å². The van der Waals surface area contributed by atoms with E-state index in [4.69, 9.17) is 17.3 Å². The number of fused-ring (bicyclic) bond motifs is 1. The quantitative estimate of drug-likeness (QED) is 0.819. The van der Waals surface area contributed by atoms with Crippen LogP contribution in [0.5, 0.6) is 0 Å². The Labute approximate surface area is 114 Å². The number of nitrogens with two attached hydrogens (primary N) is 1. The molecule has 0 aliphatic carbocycles. The molecule has 19 heavy (non-hydrogen) atoms. The van der Waals surface area contributed by atoms with Gasteiger partial charge in [0.25, 0.3) is 0 Å². The molecular formula is C12H14ClFN4O. The number of carbonyl (C=O) groups is 1. The van der Waals surface area contributed by atoms with Crippen LogP contribution >= 0.6 is 11.6 Å². The Kier molecular flexibility index (Phi) is 4.21. The predicted octanol–water partition coefficient (Wildman–Crippen LogP) is 1.62. The molecule has 0 bridgehead atoms. The molecule has 0 saturated carbocycles. The lowest BCUT2D eigenvalue weighted by Gasteiger charge is -2.08. The highest BCUT2D eigenvalue weighted by Crippen LogP contribution is 2.18. The first-order valence-electron chi connectivity index (χ1n) is 5.85. The first-order chi connectivity index (χ1) is 9.11. The number of carbonyl (C=O) groups excluding carboxylic acids is 1. The smallest absolute Gasteiger partial charge is 0.312 e. The van der Waals surface area contributed by atoms with Crippen molar-refractivity contribution in [3.8, 4) is 0 Å². The predicted molar refractivity (Wildman–Crippen MR) is 71.7 cm³/mol. The topological polar surface area (TPSA) is 72.9 Å². The molecular weight excluding hydrogens is 271 g/mol. The van der Waals surface area contributed by atoms with Crippen LogP contribution in [0.3, 0.4) is 0 Å². The van der Waals surface area contributed by atoms with Crippen LogP contribution in [0.15, 0.2) is 18.2 Å². The average molecular weight is 285 g/mol. The van der Waals surface area contributed by atoms with E-state index in [9.17, 15) is 9.18 Å². The number of hydrogen-bond donors (Lipinski definition) is 2. The van der Waals surface area contributed by atoms with Crippen molar-refractivity contribution in [2.45, 2.75) is 13.0 Å². The number of amides is 2. The largest absolute Gasteiger partial charge is 0.352 e. The fraction of sp³-hybridized carbons (Fsp3) is 0.333. The zero-order chi connectivity index (χ0) is 13.8. The fourth-order valence-electron chi connectivity index (χ4n) is 1.96. The molecule has 7 heteroatoms. The number of halogens is 2. The normalized spacial score (nSPS) is 10.8. The summed E-state index contributed by atoms with van der Waals surface area (Å²) >= 11 is 5.73. The maximum atomic E-state index is 13.3. The van der Waals surface area contributed by atoms with Crippen molar-refractivity contribution in [1.82, 2.24) is 14.9 Å². The lowest BCUT2D eigenvalue weighted by atomic mass is 10.3. The standard InChI is InChI=1S/C12H14ClFN4O/c13-4-3-11-17-9-2-1-8(14)7-10(9)18(11)6-5-16-12(15)19/h1-2,7H,3-6H2,(H3,15,16,19). The van der Waals surface area contributed by atoms with Gasteiger partial charge in [0, 0.05) is 25.4 Å². The van der Waals surface area contributed by atoms with Gasteiger partial charge in [-0.05, 0) is 18.2 Å². The Bertz CT molecular complexity index is 599. The summed E-state index contributed by atoms with van der Waals surface area (Å²) < 4.78 is 15.1. The maximum Gasteiger partial charge on any atom is 0.312 e. The summed E-state index contributed by atoms with van der Waals surface area (Å²) in [7, 11) is 0. The lowest BCUT2D eigenvalue weighted by Crippen LogP contribution is -2.32. The molecule has 0 unspecified atom stereocenters. The molecule has 5 nitrogen and oxygen atoms in total. The van der Waals surface area contributed by atoms with Gasteiger partial charge in [-0.25, -0.2) is 14.2 Å². The summed E-state index contributed by atoms with van der Waals surface area (Å²) in [4.78, 5) is 15.1. The van der Waals surface area contributed by atoms with Crippen LogP contribution in [0.1, 0.15) is 5.82 Å². The molecule has 0 spiro atoms. The van der Waals surface area contributed by atoms with Crippen molar-refractivity contribution in [3.63, 3.8) is 0 Å². The summed E-state index contributed by atoms with van der Waals surface area (Å²) in [5.74, 6) is 0.866. The third kappa shape index (κ3) is 3.14. The number of primary amides is 1. The van der Waals surface area contributed by atoms with E-state index in [1.54, 1.807) is 6.07 Å². The van der Waals surface area contributed by atoms with Crippen molar-refractivity contribution < 1.29 is 9.18 Å². The number of imidazole rings is 1. The van der Waals surface area contributed by atoms with Gasteiger partial charge >= 0.3 is 6.03 Å². The molecule has 0 aliphatic heterocycles. The molecule has 1 aromatic carbocycles. The molecule has 102 valence electrons. The van der Waals surface area contributed by atoms with E-state index in [1.807, 2.05) is 4.57 Å². The minimum atomic E-state index is -0.588. The summed E-state index contributed by atoms with van der Waals surface area (Å²) in [6, 6.07) is 3.82.